The highest BCUT2D eigenvalue weighted by atomic mass is 16.5. The van der Waals surface area contributed by atoms with Crippen molar-refractivity contribution in [1.82, 2.24) is 4.90 Å². The van der Waals surface area contributed by atoms with Crippen molar-refractivity contribution < 1.29 is 19.4 Å². The van der Waals surface area contributed by atoms with E-state index in [-0.39, 0.29) is 17.3 Å². The lowest BCUT2D eigenvalue weighted by Gasteiger charge is -2.50. The van der Waals surface area contributed by atoms with Gasteiger partial charge in [0, 0.05) is 13.1 Å². The number of hydrogen-bond donors (Lipinski definition) is 1. The maximum Gasteiger partial charge on any atom is 0.407 e. The summed E-state index contributed by atoms with van der Waals surface area (Å²) in [4.78, 5) is 23.5. The van der Waals surface area contributed by atoms with Gasteiger partial charge in [-0.15, -0.1) is 0 Å². The van der Waals surface area contributed by atoms with Crippen molar-refractivity contribution >= 4 is 12.1 Å². The first-order chi connectivity index (χ1) is 7.56. The van der Waals surface area contributed by atoms with Crippen LogP contribution in [0.25, 0.3) is 0 Å². The molecule has 2 aliphatic rings. The summed E-state index contributed by atoms with van der Waals surface area (Å²) < 4.78 is 4.70. The van der Waals surface area contributed by atoms with E-state index >= 15 is 0 Å². The molecule has 0 atom stereocenters. The smallest absolute Gasteiger partial charge is 0.407 e. The Morgan fingerprint density at radius 2 is 1.88 bits per heavy atom. The number of amides is 1. The van der Waals surface area contributed by atoms with Crippen LogP contribution in [0, 0.1) is 11.3 Å². The number of carbonyl (C=O) groups is 2. The Kier molecular flexibility index (Phi) is 2.78. The molecule has 0 bridgehead atoms. The second kappa shape index (κ2) is 3.96. The van der Waals surface area contributed by atoms with Crippen molar-refractivity contribution in [3.05, 3.63) is 0 Å². The van der Waals surface area contributed by atoms with Crippen LogP contribution in [-0.2, 0) is 9.53 Å². The molecule has 90 valence electrons. The molecule has 5 heteroatoms. The van der Waals surface area contributed by atoms with Gasteiger partial charge < -0.3 is 14.7 Å². The lowest BCUT2D eigenvalue weighted by Crippen LogP contribution is -2.50. The maximum atomic E-state index is 11.3. The fourth-order valence-electron chi connectivity index (χ4n) is 2.90. The number of rotatable bonds is 1. The summed E-state index contributed by atoms with van der Waals surface area (Å²) in [6.07, 6.45) is 2.67. The van der Waals surface area contributed by atoms with E-state index in [4.69, 9.17) is 9.84 Å². The van der Waals surface area contributed by atoms with E-state index in [1.165, 1.54) is 12.0 Å². The molecular weight excluding hydrogens is 210 g/mol. The van der Waals surface area contributed by atoms with Crippen LogP contribution in [-0.4, -0.2) is 42.3 Å². The van der Waals surface area contributed by atoms with E-state index in [1.54, 1.807) is 0 Å². The standard InChI is InChI=1S/C11H17NO4/c1-16-9(13)8-6-11(7-8)2-4-12(5-3-11)10(14)15/h8H,2-7H2,1H3,(H,14,15). The third kappa shape index (κ3) is 1.86. The topological polar surface area (TPSA) is 66.8 Å². The maximum absolute atomic E-state index is 11.3. The molecule has 1 aliphatic heterocycles. The van der Waals surface area contributed by atoms with Crippen molar-refractivity contribution in [3.63, 3.8) is 0 Å². The van der Waals surface area contributed by atoms with Crippen LogP contribution in [0.1, 0.15) is 25.7 Å². The monoisotopic (exact) mass is 227 g/mol. The lowest BCUT2D eigenvalue weighted by atomic mass is 9.57. The number of likely N-dealkylation sites (tertiary alicyclic amines) is 1. The minimum atomic E-state index is -0.835. The number of nitrogens with zero attached hydrogens (tertiary/aromatic N) is 1. The molecule has 0 aromatic rings. The van der Waals surface area contributed by atoms with Gasteiger partial charge in [-0.3, -0.25) is 4.79 Å². The highest BCUT2D eigenvalue weighted by molar-refractivity contribution is 5.73. The first-order valence-corrected chi connectivity index (χ1v) is 5.62. The highest BCUT2D eigenvalue weighted by Crippen LogP contribution is 2.52. The third-order valence-electron chi connectivity index (χ3n) is 3.99. The molecule has 1 heterocycles. The molecule has 0 radical (unpaired) electrons. The minimum Gasteiger partial charge on any atom is -0.469 e. The molecule has 1 saturated carbocycles. The normalized spacial score (nSPS) is 23.9. The molecular formula is C11H17NO4. The Morgan fingerprint density at radius 3 is 2.31 bits per heavy atom. The summed E-state index contributed by atoms with van der Waals surface area (Å²) >= 11 is 0. The Hall–Kier alpha value is -1.26. The van der Waals surface area contributed by atoms with Gasteiger partial charge in [0.2, 0.25) is 0 Å². The van der Waals surface area contributed by atoms with Crippen LogP contribution < -0.4 is 0 Å². The summed E-state index contributed by atoms with van der Waals surface area (Å²) in [5, 5.41) is 8.83. The van der Waals surface area contributed by atoms with Crippen molar-refractivity contribution in [2.75, 3.05) is 20.2 Å². The molecule has 1 amide bonds. The Bertz CT molecular complexity index is 299. The third-order valence-corrected chi connectivity index (χ3v) is 3.99. The summed E-state index contributed by atoms with van der Waals surface area (Å²) in [6, 6.07) is 0. The van der Waals surface area contributed by atoms with Crippen LogP contribution in [0.15, 0.2) is 0 Å². The van der Waals surface area contributed by atoms with Crippen LogP contribution >= 0.6 is 0 Å². The molecule has 0 aromatic carbocycles. The number of ether oxygens (including phenoxy) is 1. The van der Waals surface area contributed by atoms with Crippen molar-refractivity contribution in [3.8, 4) is 0 Å². The molecule has 5 nitrogen and oxygen atoms in total. The van der Waals surface area contributed by atoms with Crippen molar-refractivity contribution in [1.29, 1.82) is 0 Å². The Morgan fingerprint density at radius 1 is 1.31 bits per heavy atom. The lowest BCUT2D eigenvalue weighted by molar-refractivity contribution is -0.155. The van der Waals surface area contributed by atoms with E-state index in [9.17, 15) is 9.59 Å². The summed E-state index contributed by atoms with van der Waals surface area (Å²) in [7, 11) is 1.42. The summed E-state index contributed by atoms with van der Waals surface area (Å²) in [5.41, 5.74) is 0.213. The van der Waals surface area contributed by atoms with Crippen LogP contribution in [0.2, 0.25) is 0 Å². The zero-order valence-electron chi connectivity index (χ0n) is 9.44. The summed E-state index contributed by atoms with van der Waals surface area (Å²) in [5.74, 6) is -0.0762. The molecule has 1 saturated heterocycles. The number of carbonyl (C=O) groups excluding carboxylic acids is 1. The van der Waals surface area contributed by atoms with E-state index in [0.717, 1.165) is 25.7 Å². The van der Waals surface area contributed by atoms with Crippen LogP contribution in [0.5, 0.6) is 0 Å². The minimum absolute atomic E-state index is 0.0429. The van der Waals surface area contributed by atoms with Crippen molar-refractivity contribution in [2.24, 2.45) is 11.3 Å². The van der Waals surface area contributed by atoms with Gasteiger partial charge in [-0.2, -0.15) is 0 Å². The quantitative estimate of drug-likeness (QED) is 0.686. The molecule has 0 unspecified atom stereocenters. The number of piperidine rings is 1. The van der Waals surface area contributed by atoms with Gasteiger partial charge in [0.25, 0.3) is 0 Å². The van der Waals surface area contributed by atoms with E-state index in [2.05, 4.69) is 0 Å². The Balaban J connectivity index is 1.83. The highest BCUT2D eigenvalue weighted by Gasteiger charge is 2.49. The van der Waals surface area contributed by atoms with Gasteiger partial charge >= 0.3 is 12.1 Å². The fraction of sp³-hybridized carbons (Fsp3) is 0.818. The van der Waals surface area contributed by atoms with Crippen molar-refractivity contribution in [2.45, 2.75) is 25.7 Å². The van der Waals surface area contributed by atoms with Gasteiger partial charge in [0.1, 0.15) is 0 Å². The number of methoxy groups -OCH3 is 1. The van der Waals surface area contributed by atoms with Gasteiger partial charge in [-0.1, -0.05) is 0 Å². The van der Waals surface area contributed by atoms with Crippen LogP contribution in [0.3, 0.4) is 0 Å². The zero-order chi connectivity index (χ0) is 11.8. The van der Waals surface area contributed by atoms with E-state index < -0.39 is 6.09 Å². The van der Waals surface area contributed by atoms with E-state index in [1.807, 2.05) is 0 Å². The number of carboxylic acid groups (broad SMARTS) is 1. The predicted molar refractivity (Wildman–Crippen MR) is 56.0 cm³/mol. The predicted octanol–water partition coefficient (Wildman–Crippen LogP) is 1.33. The fourth-order valence-corrected chi connectivity index (χ4v) is 2.90. The second-order valence-electron chi connectivity index (χ2n) is 4.90. The average Bonchev–Trinajstić information content (AvgIpc) is 2.25. The average molecular weight is 227 g/mol. The van der Waals surface area contributed by atoms with Gasteiger partial charge in [0.05, 0.1) is 13.0 Å². The SMILES string of the molecule is COC(=O)C1CC2(CCN(C(=O)O)CC2)C1. The number of esters is 1. The van der Waals surface area contributed by atoms with Gasteiger partial charge in [-0.05, 0) is 31.1 Å². The molecule has 2 rings (SSSR count). The molecule has 1 N–H and O–H groups in total. The molecule has 16 heavy (non-hydrogen) atoms. The first-order valence-electron chi connectivity index (χ1n) is 5.62. The van der Waals surface area contributed by atoms with Crippen LogP contribution in [0.4, 0.5) is 4.79 Å². The number of hydrogen-bond acceptors (Lipinski definition) is 3. The molecule has 0 aromatic heterocycles. The molecule has 1 aliphatic carbocycles. The van der Waals surface area contributed by atoms with Gasteiger partial charge in [-0.25, -0.2) is 4.79 Å². The van der Waals surface area contributed by atoms with E-state index in [0.29, 0.717) is 13.1 Å². The largest absolute Gasteiger partial charge is 0.469 e. The summed E-state index contributed by atoms with van der Waals surface area (Å²) in [6.45, 7) is 1.20. The zero-order valence-corrected chi connectivity index (χ0v) is 9.44. The second-order valence-corrected chi connectivity index (χ2v) is 4.90. The first kappa shape index (κ1) is 11.2. The molecule has 1 spiro atoms. The molecule has 2 fully saturated rings. The van der Waals surface area contributed by atoms with Gasteiger partial charge in [0.15, 0.2) is 0 Å². The Labute approximate surface area is 94.4 Å².